The van der Waals surface area contributed by atoms with Crippen molar-refractivity contribution < 1.29 is 22.4 Å². The third-order valence-electron chi connectivity index (χ3n) is 8.32. The molecule has 0 aliphatic heterocycles. The number of alkyl halides is 3. The second-order valence-corrected chi connectivity index (χ2v) is 12.2. The van der Waals surface area contributed by atoms with E-state index in [1.54, 1.807) is 17.0 Å². The van der Waals surface area contributed by atoms with Crippen molar-refractivity contribution in [3.63, 3.8) is 0 Å². The minimum Gasteiger partial charge on any atom is -0.336 e. The number of rotatable bonds is 13. The number of thiophene rings is 1. The van der Waals surface area contributed by atoms with Crippen LogP contribution in [0, 0.1) is 5.82 Å². The summed E-state index contributed by atoms with van der Waals surface area (Å²) in [6.45, 7) is 7.30. The highest BCUT2D eigenvalue weighted by molar-refractivity contribution is 7.17. The first-order valence-electron chi connectivity index (χ1n) is 15.5. The van der Waals surface area contributed by atoms with Gasteiger partial charge in [-0.25, -0.2) is 4.39 Å². The first kappa shape index (κ1) is 34.0. The fourth-order valence-electron chi connectivity index (χ4n) is 5.52. The number of likely N-dealkylation sites (N-methyl/N-ethyl adjacent to an activating group) is 1. The summed E-state index contributed by atoms with van der Waals surface area (Å²) in [5.41, 5.74) is 2.83. The topological polar surface area (TPSA) is 58.4 Å². The Morgan fingerprint density at radius 2 is 1.45 bits per heavy atom. The van der Waals surface area contributed by atoms with E-state index >= 15 is 0 Å². The molecular formula is C36H36F4N4O2S. The lowest BCUT2D eigenvalue weighted by atomic mass is 10.0. The Morgan fingerprint density at radius 1 is 0.830 bits per heavy atom. The second kappa shape index (κ2) is 15.0. The van der Waals surface area contributed by atoms with Gasteiger partial charge in [-0.05, 0) is 77.5 Å². The Kier molecular flexibility index (Phi) is 10.9. The molecule has 0 spiro atoms. The molecule has 2 heterocycles. The fraction of sp³-hybridized carbons (Fsp3) is 0.306. The summed E-state index contributed by atoms with van der Waals surface area (Å²) in [5.74, 6) is 0.0289. The van der Waals surface area contributed by atoms with Crippen molar-refractivity contribution in [2.75, 3.05) is 26.2 Å². The molecule has 0 saturated heterocycles. The number of hydrogen-bond acceptors (Lipinski definition) is 5. The van der Waals surface area contributed by atoms with Gasteiger partial charge in [0.15, 0.2) is 0 Å². The van der Waals surface area contributed by atoms with Crippen LogP contribution in [-0.4, -0.2) is 51.4 Å². The van der Waals surface area contributed by atoms with E-state index in [1.165, 1.54) is 35.6 Å². The predicted molar refractivity (Wildman–Crippen MR) is 178 cm³/mol. The van der Waals surface area contributed by atoms with E-state index in [1.807, 2.05) is 40.3 Å². The number of nitrogens with zero attached hydrogens (tertiary/aromatic N) is 4. The molecule has 0 N–H and O–H groups in total. The molecule has 5 rings (SSSR count). The van der Waals surface area contributed by atoms with Gasteiger partial charge >= 0.3 is 6.18 Å². The summed E-state index contributed by atoms with van der Waals surface area (Å²) in [6, 6.07) is 20.5. The Balaban J connectivity index is 1.38. The van der Waals surface area contributed by atoms with Crippen LogP contribution in [0.4, 0.5) is 17.6 Å². The van der Waals surface area contributed by atoms with Gasteiger partial charge in [0.1, 0.15) is 22.9 Å². The highest BCUT2D eigenvalue weighted by atomic mass is 32.1. The summed E-state index contributed by atoms with van der Waals surface area (Å²) in [5, 5.41) is 1.81. The van der Waals surface area contributed by atoms with Crippen LogP contribution < -0.4 is 5.56 Å². The van der Waals surface area contributed by atoms with Crippen LogP contribution in [0.15, 0.2) is 89.0 Å². The van der Waals surface area contributed by atoms with Crippen LogP contribution in [0.25, 0.3) is 21.3 Å². The van der Waals surface area contributed by atoms with Gasteiger partial charge in [0.25, 0.3) is 5.56 Å². The van der Waals surface area contributed by atoms with Crippen molar-refractivity contribution >= 4 is 27.5 Å². The maximum Gasteiger partial charge on any atom is 0.416 e. The molecule has 5 aromatic rings. The van der Waals surface area contributed by atoms with Crippen LogP contribution >= 0.6 is 11.3 Å². The van der Waals surface area contributed by atoms with Crippen LogP contribution in [0.2, 0.25) is 0 Å². The summed E-state index contributed by atoms with van der Waals surface area (Å²) < 4.78 is 54.8. The van der Waals surface area contributed by atoms with Crippen molar-refractivity contribution in [3.05, 3.63) is 123 Å². The molecule has 0 aliphatic rings. The number of carbonyl (C=O) groups is 1. The Bertz CT molecular complexity index is 1850. The smallest absolute Gasteiger partial charge is 0.336 e. The maximum atomic E-state index is 14.1. The molecule has 0 atom stereocenters. The number of carbonyl (C=O) groups excluding carboxylic acids is 1. The monoisotopic (exact) mass is 664 g/mol. The molecule has 246 valence electrons. The average molecular weight is 665 g/mol. The molecule has 0 saturated carbocycles. The fourth-order valence-corrected chi connectivity index (χ4v) is 6.30. The first-order valence-corrected chi connectivity index (χ1v) is 16.4. The minimum absolute atomic E-state index is 0.0127. The van der Waals surface area contributed by atoms with Gasteiger partial charge in [-0.2, -0.15) is 18.2 Å². The van der Waals surface area contributed by atoms with E-state index in [4.69, 9.17) is 0 Å². The number of hydrogen-bond donors (Lipinski definition) is 0. The zero-order valence-corrected chi connectivity index (χ0v) is 27.1. The number of fused-ring (bicyclic) bond motifs is 1. The van der Waals surface area contributed by atoms with Gasteiger partial charge in [0.05, 0.1) is 11.1 Å². The predicted octanol–water partition coefficient (Wildman–Crippen LogP) is 7.44. The molecule has 11 heteroatoms. The van der Waals surface area contributed by atoms with Crippen molar-refractivity contribution in [3.8, 4) is 11.1 Å². The van der Waals surface area contributed by atoms with Crippen molar-refractivity contribution in [2.24, 2.45) is 0 Å². The van der Waals surface area contributed by atoms with Gasteiger partial charge in [0, 0.05) is 26.1 Å². The highest BCUT2D eigenvalue weighted by Crippen LogP contribution is 2.31. The molecule has 0 fully saturated rings. The van der Waals surface area contributed by atoms with Crippen LogP contribution in [0.5, 0.6) is 0 Å². The van der Waals surface area contributed by atoms with Crippen LogP contribution in [0.3, 0.4) is 0 Å². The number of amides is 1. The molecule has 6 nitrogen and oxygen atoms in total. The Hall–Kier alpha value is -4.35. The van der Waals surface area contributed by atoms with E-state index in [0.29, 0.717) is 54.1 Å². The molecule has 0 aliphatic carbocycles. The zero-order valence-electron chi connectivity index (χ0n) is 26.3. The SMILES string of the molecule is CCN(CC)CCN(Cc1ccc(-c2ccc(C(F)(F)F)cc2)cc1)C(=O)Cn1c(CCc2ccc(F)cc2)nc(=O)c2sccc21. The zero-order chi connectivity index (χ0) is 33.6. The molecule has 1 amide bonds. The summed E-state index contributed by atoms with van der Waals surface area (Å²) in [6.07, 6.45) is -3.48. The minimum atomic E-state index is -4.40. The van der Waals surface area contributed by atoms with Gasteiger partial charge < -0.3 is 14.4 Å². The second-order valence-electron chi connectivity index (χ2n) is 11.3. The normalized spacial score (nSPS) is 11.8. The van der Waals surface area contributed by atoms with Crippen molar-refractivity contribution in [2.45, 2.75) is 46.0 Å². The molecule has 0 unspecified atom stereocenters. The number of aryl methyl sites for hydroxylation is 2. The van der Waals surface area contributed by atoms with E-state index in [2.05, 4.69) is 23.7 Å². The van der Waals surface area contributed by atoms with E-state index < -0.39 is 11.7 Å². The molecule has 3 aromatic carbocycles. The third kappa shape index (κ3) is 8.52. The van der Waals surface area contributed by atoms with Crippen molar-refractivity contribution in [1.82, 2.24) is 19.4 Å². The Morgan fingerprint density at radius 3 is 2.06 bits per heavy atom. The summed E-state index contributed by atoms with van der Waals surface area (Å²) in [4.78, 5) is 35.3. The Labute approximate surface area is 274 Å². The van der Waals surface area contributed by atoms with Crippen molar-refractivity contribution in [1.29, 1.82) is 0 Å². The molecule has 0 bridgehead atoms. The van der Waals surface area contributed by atoms with Gasteiger partial charge in [-0.1, -0.05) is 62.4 Å². The van der Waals surface area contributed by atoms with Gasteiger partial charge in [-0.15, -0.1) is 11.3 Å². The lowest BCUT2D eigenvalue weighted by Crippen LogP contribution is -2.40. The molecular weight excluding hydrogens is 628 g/mol. The number of aromatic nitrogens is 2. The quantitative estimate of drug-likeness (QED) is 0.123. The maximum absolute atomic E-state index is 14.1. The summed E-state index contributed by atoms with van der Waals surface area (Å²) in [7, 11) is 0. The summed E-state index contributed by atoms with van der Waals surface area (Å²) >= 11 is 1.29. The van der Waals surface area contributed by atoms with Crippen LogP contribution in [-0.2, 0) is 36.9 Å². The number of halogens is 4. The highest BCUT2D eigenvalue weighted by Gasteiger charge is 2.30. The lowest BCUT2D eigenvalue weighted by Gasteiger charge is -2.27. The molecule has 2 aromatic heterocycles. The molecule has 47 heavy (non-hydrogen) atoms. The van der Waals surface area contributed by atoms with Gasteiger partial charge in [-0.3, -0.25) is 9.59 Å². The van der Waals surface area contributed by atoms with Crippen LogP contribution in [0.1, 0.15) is 36.4 Å². The standard InChI is InChI=1S/C36H36F4N4O2S/c1-3-42(4-2)20-21-43(23-26-5-10-27(11-6-26)28-12-14-29(15-13-28)36(38,39)40)33(45)24-44-31-19-22-47-34(31)35(46)41-32(44)18-9-25-7-16-30(37)17-8-25/h5-8,10-17,19,22H,3-4,9,18,20-21,23-24H2,1-2H3. The van der Waals surface area contributed by atoms with E-state index in [-0.39, 0.29) is 23.8 Å². The third-order valence-corrected chi connectivity index (χ3v) is 9.21. The van der Waals surface area contributed by atoms with E-state index in [9.17, 15) is 27.2 Å². The number of benzene rings is 3. The lowest BCUT2D eigenvalue weighted by molar-refractivity contribution is -0.137. The average Bonchev–Trinajstić information content (AvgIpc) is 3.57. The van der Waals surface area contributed by atoms with E-state index in [0.717, 1.165) is 41.9 Å². The molecule has 0 radical (unpaired) electrons. The first-order chi connectivity index (χ1) is 22.5. The largest absolute Gasteiger partial charge is 0.416 e. The van der Waals surface area contributed by atoms with Gasteiger partial charge in [0.2, 0.25) is 5.91 Å².